The zero-order chi connectivity index (χ0) is 13.8. The average molecular weight is 261 g/mol. The fourth-order valence-corrected chi connectivity index (χ4v) is 1.74. The molecular weight excluding hydrogens is 248 g/mol. The van der Waals surface area contributed by atoms with Crippen molar-refractivity contribution in [3.8, 4) is 0 Å². The second-order valence-electron chi connectivity index (χ2n) is 4.29. The van der Waals surface area contributed by atoms with Gasteiger partial charge >= 0.3 is 0 Å². The Labute approximate surface area is 110 Å². The lowest BCUT2D eigenvalue weighted by Gasteiger charge is -2.07. The fourth-order valence-electron chi connectivity index (χ4n) is 1.74. The van der Waals surface area contributed by atoms with Crippen molar-refractivity contribution in [1.82, 2.24) is 5.32 Å². The van der Waals surface area contributed by atoms with Crippen LogP contribution in [0.2, 0.25) is 0 Å². The molecule has 1 N–H and O–H groups in total. The number of hydrogen-bond donors (Lipinski definition) is 1. The van der Waals surface area contributed by atoms with Crippen LogP contribution in [0.4, 0.5) is 8.78 Å². The van der Waals surface area contributed by atoms with Crippen LogP contribution in [-0.4, -0.2) is 5.91 Å². The van der Waals surface area contributed by atoms with Gasteiger partial charge in [-0.25, -0.2) is 8.78 Å². The van der Waals surface area contributed by atoms with E-state index < -0.39 is 11.6 Å². The van der Waals surface area contributed by atoms with E-state index in [2.05, 4.69) is 5.32 Å². The number of aryl methyl sites for hydroxylation is 1. The Bertz CT molecular complexity index is 611. The lowest BCUT2D eigenvalue weighted by molar-refractivity contribution is 0.0950. The second-order valence-corrected chi connectivity index (χ2v) is 4.29. The monoisotopic (exact) mass is 261 g/mol. The van der Waals surface area contributed by atoms with Gasteiger partial charge in [0.2, 0.25) is 0 Å². The second kappa shape index (κ2) is 5.61. The van der Waals surface area contributed by atoms with Gasteiger partial charge in [0, 0.05) is 17.7 Å². The first-order valence-corrected chi connectivity index (χ1v) is 5.85. The maximum Gasteiger partial charge on any atom is 0.251 e. The molecule has 1 amide bonds. The number of halogens is 2. The van der Waals surface area contributed by atoms with Crippen molar-refractivity contribution in [2.45, 2.75) is 13.5 Å². The van der Waals surface area contributed by atoms with Gasteiger partial charge in [-0.2, -0.15) is 0 Å². The molecule has 0 aliphatic carbocycles. The van der Waals surface area contributed by atoms with Gasteiger partial charge in [-0.05, 0) is 37.3 Å². The van der Waals surface area contributed by atoms with Gasteiger partial charge in [0.1, 0.15) is 11.6 Å². The van der Waals surface area contributed by atoms with Crippen molar-refractivity contribution in [1.29, 1.82) is 0 Å². The summed E-state index contributed by atoms with van der Waals surface area (Å²) in [4.78, 5) is 11.8. The van der Waals surface area contributed by atoms with Crippen LogP contribution >= 0.6 is 0 Å². The summed E-state index contributed by atoms with van der Waals surface area (Å²) in [7, 11) is 0. The minimum Gasteiger partial charge on any atom is -0.348 e. The molecule has 98 valence electrons. The zero-order valence-electron chi connectivity index (χ0n) is 10.4. The number of carbonyl (C=O) groups is 1. The zero-order valence-corrected chi connectivity index (χ0v) is 10.4. The SMILES string of the molecule is Cc1cccc(C(=O)NCc2cc(F)ccc2F)c1. The molecule has 0 spiro atoms. The molecular formula is C15H13F2NO. The summed E-state index contributed by atoms with van der Waals surface area (Å²) >= 11 is 0. The third-order valence-electron chi connectivity index (χ3n) is 2.73. The maximum absolute atomic E-state index is 13.4. The van der Waals surface area contributed by atoms with E-state index in [1.165, 1.54) is 0 Å². The summed E-state index contributed by atoms with van der Waals surface area (Å²) in [6.07, 6.45) is 0. The van der Waals surface area contributed by atoms with Crippen LogP contribution in [0.15, 0.2) is 42.5 Å². The predicted molar refractivity (Wildman–Crippen MR) is 68.7 cm³/mol. The molecule has 0 aromatic heterocycles. The van der Waals surface area contributed by atoms with Crippen molar-refractivity contribution in [3.05, 3.63) is 70.8 Å². The van der Waals surface area contributed by atoms with Crippen molar-refractivity contribution in [2.24, 2.45) is 0 Å². The highest BCUT2D eigenvalue weighted by atomic mass is 19.1. The van der Waals surface area contributed by atoms with Gasteiger partial charge in [0.15, 0.2) is 0 Å². The first-order chi connectivity index (χ1) is 9.06. The molecule has 2 nitrogen and oxygen atoms in total. The predicted octanol–water partition coefficient (Wildman–Crippen LogP) is 3.20. The van der Waals surface area contributed by atoms with E-state index in [1.54, 1.807) is 18.2 Å². The number of nitrogens with one attached hydrogen (secondary N) is 1. The van der Waals surface area contributed by atoms with Crippen molar-refractivity contribution >= 4 is 5.91 Å². The van der Waals surface area contributed by atoms with Crippen molar-refractivity contribution in [3.63, 3.8) is 0 Å². The van der Waals surface area contributed by atoms with Gasteiger partial charge in [-0.3, -0.25) is 4.79 Å². The van der Waals surface area contributed by atoms with E-state index >= 15 is 0 Å². The quantitative estimate of drug-likeness (QED) is 0.903. The number of amides is 1. The molecule has 0 heterocycles. The highest BCUT2D eigenvalue weighted by Gasteiger charge is 2.08. The van der Waals surface area contributed by atoms with Gasteiger partial charge in [-0.1, -0.05) is 17.7 Å². The summed E-state index contributed by atoms with van der Waals surface area (Å²) in [6, 6.07) is 10.2. The molecule has 2 rings (SSSR count). The third kappa shape index (κ3) is 3.37. The Morgan fingerprint density at radius 3 is 2.68 bits per heavy atom. The Kier molecular flexibility index (Phi) is 3.90. The van der Waals surface area contributed by atoms with Gasteiger partial charge in [0.25, 0.3) is 5.91 Å². The third-order valence-corrected chi connectivity index (χ3v) is 2.73. The molecule has 19 heavy (non-hydrogen) atoms. The molecule has 4 heteroatoms. The van der Waals surface area contributed by atoms with Crippen LogP contribution < -0.4 is 5.32 Å². The van der Waals surface area contributed by atoms with Crippen LogP contribution in [0.25, 0.3) is 0 Å². The first-order valence-electron chi connectivity index (χ1n) is 5.85. The average Bonchev–Trinajstić information content (AvgIpc) is 2.39. The van der Waals surface area contributed by atoms with E-state index in [1.807, 2.05) is 13.0 Å². The minimum atomic E-state index is -0.536. The van der Waals surface area contributed by atoms with Crippen LogP contribution in [0.1, 0.15) is 21.5 Å². The maximum atomic E-state index is 13.4. The van der Waals surface area contributed by atoms with Gasteiger partial charge < -0.3 is 5.32 Å². The van der Waals surface area contributed by atoms with E-state index in [4.69, 9.17) is 0 Å². The fraction of sp³-hybridized carbons (Fsp3) is 0.133. The van der Waals surface area contributed by atoms with E-state index in [0.29, 0.717) is 5.56 Å². The largest absolute Gasteiger partial charge is 0.348 e. The Balaban J connectivity index is 2.06. The normalized spacial score (nSPS) is 10.3. The summed E-state index contributed by atoms with van der Waals surface area (Å²) < 4.78 is 26.3. The minimum absolute atomic E-state index is 0.0453. The van der Waals surface area contributed by atoms with Crippen molar-refractivity contribution in [2.75, 3.05) is 0 Å². The Morgan fingerprint density at radius 1 is 1.16 bits per heavy atom. The molecule has 0 atom stereocenters. The standard InChI is InChI=1S/C15H13F2NO/c1-10-3-2-4-11(7-10)15(19)18-9-12-8-13(16)5-6-14(12)17/h2-8H,9H2,1H3,(H,18,19). The summed E-state index contributed by atoms with van der Waals surface area (Å²) in [5.74, 6) is -1.38. The summed E-state index contributed by atoms with van der Waals surface area (Å²) in [6.45, 7) is 1.83. The van der Waals surface area contributed by atoms with Crippen LogP contribution in [-0.2, 0) is 6.54 Å². The summed E-state index contributed by atoms with van der Waals surface area (Å²) in [5, 5.41) is 2.56. The highest BCUT2D eigenvalue weighted by molar-refractivity contribution is 5.94. The van der Waals surface area contributed by atoms with Gasteiger partial charge in [-0.15, -0.1) is 0 Å². The lowest BCUT2D eigenvalue weighted by Crippen LogP contribution is -2.23. The molecule has 2 aromatic rings. The number of hydrogen-bond acceptors (Lipinski definition) is 1. The number of benzene rings is 2. The molecule has 0 fully saturated rings. The van der Waals surface area contributed by atoms with E-state index in [9.17, 15) is 13.6 Å². The van der Waals surface area contributed by atoms with Crippen LogP contribution in [0, 0.1) is 18.6 Å². The van der Waals surface area contributed by atoms with E-state index in [-0.39, 0.29) is 18.0 Å². The Morgan fingerprint density at radius 2 is 1.95 bits per heavy atom. The lowest BCUT2D eigenvalue weighted by atomic mass is 10.1. The van der Waals surface area contributed by atoms with Crippen LogP contribution in [0.3, 0.4) is 0 Å². The molecule has 2 aromatic carbocycles. The Hall–Kier alpha value is -2.23. The number of carbonyl (C=O) groups excluding carboxylic acids is 1. The molecule has 0 unspecified atom stereocenters. The smallest absolute Gasteiger partial charge is 0.251 e. The number of rotatable bonds is 3. The van der Waals surface area contributed by atoms with E-state index in [0.717, 1.165) is 23.8 Å². The molecule has 0 aliphatic rings. The topological polar surface area (TPSA) is 29.1 Å². The molecule has 0 bridgehead atoms. The molecule has 0 saturated heterocycles. The molecule has 0 aliphatic heterocycles. The van der Waals surface area contributed by atoms with Crippen LogP contribution in [0.5, 0.6) is 0 Å². The molecule has 0 radical (unpaired) electrons. The van der Waals surface area contributed by atoms with Crippen molar-refractivity contribution < 1.29 is 13.6 Å². The first kappa shape index (κ1) is 13.2. The summed E-state index contributed by atoms with van der Waals surface area (Å²) in [5.41, 5.74) is 1.59. The highest BCUT2D eigenvalue weighted by Crippen LogP contribution is 2.10. The van der Waals surface area contributed by atoms with Gasteiger partial charge in [0.05, 0.1) is 0 Å². The molecule has 0 saturated carbocycles.